The molecule has 0 aromatic rings. The highest BCUT2D eigenvalue weighted by Crippen LogP contribution is 2.07. The summed E-state index contributed by atoms with van der Waals surface area (Å²) in [5.41, 5.74) is 0. The lowest BCUT2D eigenvalue weighted by molar-refractivity contribution is 0.0373. The third kappa shape index (κ3) is 3.64. The summed E-state index contributed by atoms with van der Waals surface area (Å²) in [5, 5.41) is 21.5. The molecule has 3 atom stereocenters. The quantitative estimate of drug-likeness (QED) is 0.459. The first-order valence-electron chi connectivity index (χ1n) is 3.62. The number of nitrogens with zero attached hydrogens (tertiary/aromatic N) is 1. The number of rotatable bonds is 5. The molecule has 0 heterocycles. The van der Waals surface area contributed by atoms with E-state index in [1.807, 2.05) is 0 Å². The fourth-order valence-corrected chi connectivity index (χ4v) is 0.627. The molecule has 0 aromatic carbocycles. The van der Waals surface area contributed by atoms with E-state index < -0.39 is 24.8 Å². The lowest BCUT2D eigenvalue weighted by atomic mass is 10.00. The number of oxime groups is 1. The van der Waals surface area contributed by atoms with Gasteiger partial charge in [0, 0.05) is 5.92 Å². The number of halogens is 1. The second kappa shape index (κ2) is 5.91. The van der Waals surface area contributed by atoms with Gasteiger partial charge in [0.1, 0.15) is 13.8 Å². The molecular weight excluding hydrogens is 165 g/mol. The second-order valence-corrected chi connectivity index (χ2v) is 2.51. The fraction of sp³-hybridized carbons (Fsp3) is 0.857. The van der Waals surface area contributed by atoms with E-state index in [0.717, 1.165) is 6.21 Å². The van der Waals surface area contributed by atoms with Crippen molar-refractivity contribution < 1.29 is 19.4 Å². The van der Waals surface area contributed by atoms with Gasteiger partial charge in [-0.05, 0) is 0 Å². The van der Waals surface area contributed by atoms with E-state index in [1.165, 1.54) is 14.0 Å². The second-order valence-electron chi connectivity index (χ2n) is 2.51. The zero-order chi connectivity index (χ0) is 9.56. The van der Waals surface area contributed by atoms with Gasteiger partial charge in [0.15, 0.2) is 0 Å². The van der Waals surface area contributed by atoms with Gasteiger partial charge >= 0.3 is 0 Å². The Morgan fingerprint density at radius 1 is 1.58 bits per heavy atom. The molecule has 0 saturated carbocycles. The molecule has 0 fully saturated rings. The number of hydrogen-bond donors (Lipinski definition) is 2. The van der Waals surface area contributed by atoms with Crippen molar-refractivity contribution in [2.24, 2.45) is 11.1 Å². The Bertz CT molecular complexity index is 143. The van der Waals surface area contributed by atoms with Crippen LogP contribution in [0.4, 0.5) is 4.39 Å². The highest BCUT2D eigenvalue weighted by atomic mass is 19.1. The summed E-state index contributed by atoms with van der Waals surface area (Å²) < 4.78 is 11.9. The van der Waals surface area contributed by atoms with Crippen molar-refractivity contribution in [1.29, 1.82) is 0 Å². The number of aliphatic hydroxyl groups is 2. The van der Waals surface area contributed by atoms with Crippen LogP contribution in [0.25, 0.3) is 0 Å². The lowest BCUT2D eigenvalue weighted by Gasteiger charge is -2.18. The van der Waals surface area contributed by atoms with Crippen molar-refractivity contribution in [2.75, 3.05) is 13.8 Å². The molecule has 0 bridgehead atoms. The van der Waals surface area contributed by atoms with Crippen LogP contribution in [0.1, 0.15) is 6.92 Å². The van der Waals surface area contributed by atoms with E-state index in [-0.39, 0.29) is 0 Å². The van der Waals surface area contributed by atoms with Crippen LogP contribution in [0.15, 0.2) is 5.16 Å². The van der Waals surface area contributed by atoms with Gasteiger partial charge in [-0.1, -0.05) is 12.1 Å². The van der Waals surface area contributed by atoms with Gasteiger partial charge in [0.05, 0.1) is 18.4 Å². The first kappa shape index (κ1) is 11.3. The summed E-state index contributed by atoms with van der Waals surface area (Å²) in [4.78, 5) is 4.31. The Hall–Kier alpha value is -0.680. The van der Waals surface area contributed by atoms with Gasteiger partial charge in [0.25, 0.3) is 0 Å². The Kier molecular flexibility index (Phi) is 5.57. The van der Waals surface area contributed by atoms with Crippen LogP contribution < -0.4 is 0 Å². The van der Waals surface area contributed by atoms with Crippen LogP contribution in [0.3, 0.4) is 0 Å². The standard InChI is InChI=1S/C7H14FNO3/c1-5(6(10)3-8)7(11)4-9-12-2/h4-7,10-11H,3H2,1-2H3/b9-4+/t5?,6-,7+/m1/s1. The summed E-state index contributed by atoms with van der Waals surface area (Å²) in [6, 6.07) is 0. The summed E-state index contributed by atoms with van der Waals surface area (Å²) in [6.07, 6.45) is -1.04. The zero-order valence-electron chi connectivity index (χ0n) is 7.14. The smallest absolute Gasteiger partial charge is 0.116 e. The van der Waals surface area contributed by atoms with E-state index >= 15 is 0 Å². The molecular formula is C7H14FNO3. The minimum Gasteiger partial charge on any atom is -0.399 e. The van der Waals surface area contributed by atoms with Crippen molar-refractivity contribution in [2.45, 2.75) is 19.1 Å². The van der Waals surface area contributed by atoms with E-state index in [0.29, 0.717) is 0 Å². The predicted octanol–water partition coefficient (Wildman–Crippen LogP) is -0.0540. The van der Waals surface area contributed by atoms with Crippen molar-refractivity contribution in [3.63, 3.8) is 0 Å². The van der Waals surface area contributed by atoms with Crippen LogP contribution >= 0.6 is 0 Å². The first-order chi connectivity index (χ1) is 5.63. The lowest BCUT2D eigenvalue weighted by Crippen LogP contribution is -2.31. The maximum Gasteiger partial charge on any atom is 0.116 e. The highest BCUT2D eigenvalue weighted by molar-refractivity contribution is 5.62. The predicted molar refractivity (Wildman–Crippen MR) is 42.7 cm³/mol. The number of aliphatic hydroxyl groups excluding tert-OH is 2. The Morgan fingerprint density at radius 2 is 2.17 bits per heavy atom. The molecule has 0 aromatic heterocycles. The molecule has 0 aliphatic heterocycles. The SMILES string of the molecule is CO/N=C/[C@H](O)C(C)[C@H](O)CF. The summed E-state index contributed by atoms with van der Waals surface area (Å²) in [5.74, 6) is -0.589. The van der Waals surface area contributed by atoms with Gasteiger partial charge in [-0.3, -0.25) is 0 Å². The zero-order valence-corrected chi connectivity index (χ0v) is 7.14. The van der Waals surface area contributed by atoms with Crippen molar-refractivity contribution in [3.8, 4) is 0 Å². The molecule has 0 aliphatic carbocycles. The Labute approximate surface area is 70.6 Å². The molecule has 0 spiro atoms. The van der Waals surface area contributed by atoms with Crippen molar-refractivity contribution >= 4 is 6.21 Å². The highest BCUT2D eigenvalue weighted by Gasteiger charge is 2.20. The van der Waals surface area contributed by atoms with E-state index in [2.05, 4.69) is 9.99 Å². The minimum atomic E-state index is -1.16. The molecule has 72 valence electrons. The topological polar surface area (TPSA) is 62.0 Å². The maximum absolute atomic E-state index is 11.9. The molecule has 0 radical (unpaired) electrons. The van der Waals surface area contributed by atoms with Crippen LogP contribution in [0.5, 0.6) is 0 Å². The van der Waals surface area contributed by atoms with Crippen molar-refractivity contribution in [1.82, 2.24) is 0 Å². The Morgan fingerprint density at radius 3 is 2.58 bits per heavy atom. The van der Waals surface area contributed by atoms with Gasteiger partial charge in [-0.15, -0.1) is 0 Å². The molecule has 12 heavy (non-hydrogen) atoms. The molecule has 4 nitrogen and oxygen atoms in total. The van der Waals surface area contributed by atoms with Crippen LogP contribution in [0.2, 0.25) is 0 Å². The van der Waals surface area contributed by atoms with Crippen LogP contribution in [-0.2, 0) is 4.84 Å². The normalized spacial score (nSPS) is 19.1. The Balaban J connectivity index is 3.91. The molecule has 5 heteroatoms. The minimum absolute atomic E-state index is 0.589. The van der Waals surface area contributed by atoms with Gasteiger partial charge in [-0.2, -0.15) is 0 Å². The molecule has 0 saturated heterocycles. The van der Waals surface area contributed by atoms with Gasteiger partial charge < -0.3 is 15.1 Å². The van der Waals surface area contributed by atoms with E-state index in [9.17, 15) is 9.50 Å². The van der Waals surface area contributed by atoms with Crippen LogP contribution in [-0.4, -0.2) is 42.4 Å². The largest absolute Gasteiger partial charge is 0.399 e. The van der Waals surface area contributed by atoms with Crippen molar-refractivity contribution in [3.05, 3.63) is 0 Å². The molecule has 0 amide bonds. The maximum atomic E-state index is 11.9. The monoisotopic (exact) mass is 179 g/mol. The van der Waals surface area contributed by atoms with E-state index in [4.69, 9.17) is 5.11 Å². The number of hydrogen-bond acceptors (Lipinski definition) is 4. The van der Waals surface area contributed by atoms with Gasteiger partial charge in [0.2, 0.25) is 0 Å². The molecule has 0 aliphatic rings. The van der Waals surface area contributed by atoms with Crippen LogP contribution in [0, 0.1) is 5.92 Å². The summed E-state index contributed by atoms with van der Waals surface area (Å²) in [7, 11) is 1.33. The molecule has 2 N–H and O–H groups in total. The van der Waals surface area contributed by atoms with E-state index in [1.54, 1.807) is 0 Å². The molecule has 0 rings (SSSR count). The average Bonchev–Trinajstić information content (AvgIpc) is 2.11. The molecule has 1 unspecified atom stereocenters. The number of alkyl halides is 1. The average molecular weight is 179 g/mol. The summed E-state index contributed by atoms with van der Waals surface area (Å²) in [6.45, 7) is 0.648. The van der Waals surface area contributed by atoms with Gasteiger partial charge in [-0.25, -0.2) is 4.39 Å². The third-order valence-electron chi connectivity index (χ3n) is 1.62. The third-order valence-corrected chi connectivity index (χ3v) is 1.62. The summed E-state index contributed by atoms with van der Waals surface area (Å²) >= 11 is 0. The fourth-order valence-electron chi connectivity index (χ4n) is 0.627. The first-order valence-corrected chi connectivity index (χ1v) is 3.62.